The standard InChI is InChI=1S/C34H37IN4O10/c1-5-46-26-15-23(30-29(33(43)45-4)19(3)37-34(44)38-30)11-12-25(26)48-18-28(40)39-36-16-21-13-24(35)31(27(14-21)47-6-2)49-17-20-7-9-22(10-8-20)32(41)42/h7-16,28,30,39-40H,5-6,17-18H2,1-4H3,(H,41,42)(H2,37,38,44)/b36-16-/t28-,30-/m1/s1. The second kappa shape index (κ2) is 17.4. The molecule has 3 aromatic carbocycles. The van der Waals surface area contributed by atoms with Crippen molar-refractivity contribution >= 4 is 46.8 Å². The Hall–Kier alpha value is -5.03. The summed E-state index contributed by atoms with van der Waals surface area (Å²) in [6.45, 7) is 6.01. The lowest BCUT2D eigenvalue weighted by molar-refractivity contribution is -0.136. The third-order valence-corrected chi connectivity index (χ3v) is 7.83. The molecule has 4 rings (SSSR count). The molecule has 49 heavy (non-hydrogen) atoms. The predicted octanol–water partition coefficient (Wildman–Crippen LogP) is 4.49. The van der Waals surface area contributed by atoms with Gasteiger partial charge in [-0.3, -0.25) is 5.43 Å². The fraction of sp³-hybridized carbons (Fsp3) is 0.294. The Morgan fingerprint density at radius 3 is 2.39 bits per heavy atom. The van der Waals surface area contributed by atoms with Gasteiger partial charge in [0.25, 0.3) is 0 Å². The highest BCUT2D eigenvalue weighted by Gasteiger charge is 2.32. The topological polar surface area (TPSA) is 186 Å². The van der Waals surface area contributed by atoms with E-state index in [-0.39, 0.29) is 24.4 Å². The Kier molecular flexibility index (Phi) is 13.1. The molecule has 0 fully saturated rings. The molecule has 0 spiro atoms. The summed E-state index contributed by atoms with van der Waals surface area (Å²) in [5.74, 6) is 0.142. The van der Waals surface area contributed by atoms with Crippen molar-refractivity contribution in [3.63, 3.8) is 0 Å². The number of aromatic carboxylic acids is 1. The highest BCUT2D eigenvalue weighted by atomic mass is 127. The minimum atomic E-state index is -1.19. The van der Waals surface area contributed by atoms with Crippen LogP contribution in [0.4, 0.5) is 4.79 Å². The maximum Gasteiger partial charge on any atom is 0.337 e. The number of rotatable bonds is 16. The van der Waals surface area contributed by atoms with Gasteiger partial charge < -0.3 is 44.5 Å². The van der Waals surface area contributed by atoms with Gasteiger partial charge in [-0.25, -0.2) is 14.4 Å². The summed E-state index contributed by atoms with van der Waals surface area (Å²) in [6.07, 6.45) is 0.330. The summed E-state index contributed by atoms with van der Waals surface area (Å²) < 4.78 is 29.1. The van der Waals surface area contributed by atoms with Crippen LogP contribution in [0.25, 0.3) is 0 Å². The highest BCUT2D eigenvalue weighted by Crippen LogP contribution is 2.36. The van der Waals surface area contributed by atoms with Crippen molar-refractivity contribution in [3.8, 4) is 23.0 Å². The third kappa shape index (κ3) is 9.76. The van der Waals surface area contributed by atoms with Crippen molar-refractivity contribution in [2.75, 3.05) is 26.9 Å². The number of carboxylic acids is 1. The Morgan fingerprint density at radius 1 is 1.00 bits per heavy atom. The molecule has 14 nitrogen and oxygen atoms in total. The molecule has 1 heterocycles. The summed E-state index contributed by atoms with van der Waals surface area (Å²) in [5, 5.41) is 29.1. The van der Waals surface area contributed by atoms with E-state index in [2.05, 4.69) is 43.8 Å². The average Bonchev–Trinajstić information content (AvgIpc) is 3.07. The van der Waals surface area contributed by atoms with Crippen molar-refractivity contribution in [1.82, 2.24) is 16.1 Å². The van der Waals surface area contributed by atoms with E-state index in [0.717, 1.165) is 9.13 Å². The number of halogens is 1. The maximum atomic E-state index is 12.5. The van der Waals surface area contributed by atoms with Gasteiger partial charge in [0.15, 0.2) is 29.2 Å². The van der Waals surface area contributed by atoms with E-state index in [1.807, 2.05) is 13.0 Å². The number of aliphatic hydroxyl groups is 1. The number of benzene rings is 3. The number of carboxylic acid groups (broad SMARTS) is 1. The molecule has 0 unspecified atom stereocenters. The van der Waals surface area contributed by atoms with Gasteiger partial charge in [0.1, 0.15) is 13.2 Å². The fourth-order valence-electron chi connectivity index (χ4n) is 4.78. The summed E-state index contributed by atoms with van der Waals surface area (Å²) in [4.78, 5) is 35.8. The quantitative estimate of drug-likeness (QED) is 0.0453. The normalized spacial score (nSPS) is 14.8. The van der Waals surface area contributed by atoms with Crippen LogP contribution in [0.15, 0.2) is 71.0 Å². The van der Waals surface area contributed by atoms with Gasteiger partial charge in [-0.1, -0.05) is 18.2 Å². The molecule has 3 aromatic rings. The van der Waals surface area contributed by atoms with E-state index < -0.39 is 30.2 Å². The van der Waals surface area contributed by atoms with Crippen molar-refractivity contribution in [2.45, 2.75) is 39.6 Å². The lowest BCUT2D eigenvalue weighted by Gasteiger charge is -2.28. The SMILES string of the molecule is CCOc1cc([C@H]2NC(=O)NC(C)=C2C(=O)OC)ccc1OC[C@@H](O)N/N=C\c1cc(I)c(OCc2ccc(C(=O)O)cc2)c(OCC)c1. The molecule has 1 aliphatic rings. The van der Waals surface area contributed by atoms with Crippen molar-refractivity contribution < 1.29 is 48.3 Å². The highest BCUT2D eigenvalue weighted by molar-refractivity contribution is 14.1. The van der Waals surface area contributed by atoms with Gasteiger partial charge in [-0.15, -0.1) is 0 Å². The first-order valence-electron chi connectivity index (χ1n) is 15.2. The molecular weight excluding hydrogens is 751 g/mol. The molecule has 0 saturated heterocycles. The first-order valence-corrected chi connectivity index (χ1v) is 16.3. The van der Waals surface area contributed by atoms with E-state index in [9.17, 15) is 19.5 Å². The zero-order valence-electron chi connectivity index (χ0n) is 27.2. The van der Waals surface area contributed by atoms with Crippen LogP contribution < -0.4 is 35.0 Å². The zero-order valence-corrected chi connectivity index (χ0v) is 29.4. The van der Waals surface area contributed by atoms with Gasteiger partial charge >= 0.3 is 18.0 Å². The van der Waals surface area contributed by atoms with Crippen LogP contribution >= 0.6 is 22.6 Å². The predicted molar refractivity (Wildman–Crippen MR) is 187 cm³/mol. The smallest absolute Gasteiger partial charge is 0.337 e. The number of esters is 1. The molecule has 0 bridgehead atoms. The Bertz CT molecular complexity index is 1730. The number of hydrazone groups is 1. The lowest BCUT2D eigenvalue weighted by Crippen LogP contribution is -2.45. The van der Waals surface area contributed by atoms with E-state index in [1.165, 1.54) is 25.5 Å². The Balaban J connectivity index is 1.39. The van der Waals surface area contributed by atoms with Crippen LogP contribution in [0, 0.1) is 3.57 Å². The summed E-state index contributed by atoms with van der Waals surface area (Å²) >= 11 is 2.13. The molecule has 2 amide bonds. The van der Waals surface area contributed by atoms with Crippen LogP contribution in [-0.4, -0.2) is 67.6 Å². The van der Waals surface area contributed by atoms with E-state index >= 15 is 0 Å². The zero-order chi connectivity index (χ0) is 35.5. The van der Waals surface area contributed by atoms with Crippen molar-refractivity contribution in [2.24, 2.45) is 5.10 Å². The molecule has 2 atom stereocenters. The fourth-order valence-corrected chi connectivity index (χ4v) is 5.57. The van der Waals surface area contributed by atoms with E-state index in [1.54, 1.807) is 50.2 Å². The molecule has 0 saturated carbocycles. The monoisotopic (exact) mass is 788 g/mol. The lowest BCUT2D eigenvalue weighted by atomic mass is 9.95. The molecule has 15 heteroatoms. The number of carbonyl (C=O) groups is 3. The van der Waals surface area contributed by atoms with Gasteiger partial charge in [-0.05, 0) is 96.5 Å². The number of ether oxygens (including phenoxy) is 5. The number of aliphatic hydroxyl groups excluding tert-OH is 1. The Labute approximate surface area is 296 Å². The van der Waals surface area contributed by atoms with Crippen LogP contribution in [0.2, 0.25) is 0 Å². The summed E-state index contributed by atoms with van der Waals surface area (Å²) in [7, 11) is 1.27. The van der Waals surface area contributed by atoms with Crippen LogP contribution in [0.3, 0.4) is 0 Å². The number of urea groups is 1. The second-order valence-electron chi connectivity index (χ2n) is 10.5. The number of nitrogens with one attached hydrogen (secondary N) is 3. The van der Waals surface area contributed by atoms with Crippen LogP contribution in [0.5, 0.6) is 23.0 Å². The van der Waals surface area contributed by atoms with Gasteiger partial charge in [0, 0.05) is 5.70 Å². The molecule has 0 radical (unpaired) electrons. The largest absolute Gasteiger partial charge is 0.490 e. The van der Waals surface area contributed by atoms with E-state index in [0.29, 0.717) is 53.0 Å². The average molecular weight is 789 g/mol. The molecule has 1 aliphatic heterocycles. The van der Waals surface area contributed by atoms with Crippen LogP contribution in [-0.2, 0) is 16.1 Å². The third-order valence-electron chi connectivity index (χ3n) is 7.03. The number of amides is 2. The van der Waals surface area contributed by atoms with Crippen molar-refractivity contribution in [1.29, 1.82) is 0 Å². The van der Waals surface area contributed by atoms with Gasteiger partial charge in [-0.2, -0.15) is 5.10 Å². The molecular formula is C34H37IN4O10. The minimum absolute atomic E-state index is 0.185. The number of methoxy groups -OCH3 is 1. The molecule has 5 N–H and O–H groups in total. The van der Waals surface area contributed by atoms with Crippen molar-refractivity contribution in [3.05, 3.63) is 91.7 Å². The molecule has 0 aliphatic carbocycles. The summed E-state index contributed by atoms with van der Waals surface area (Å²) in [6, 6.07) is 13.8. The molecule has 260 valence electrons. The maximum absolute atomic E-state index is 12.5. The number of carbonyl (C=O) groups excluding carboxylic acids is 2. The number of allylic oxidation sites excluding steroid dienone is 1. The first-order chi connectivity index (χ1) is 23.5. The Morgan fingerprint density at radius 2 is 1.71 bits per heavy atom. The van der Waals surface area contributed by atoms with Gasteiger partial charge in [0.05, 0.1) is 47.3 Å². The first kappa shape index (κ1) is 36.8. The summed E-state index contributed by atoms with van der Waals surface area (Å²) in [5.41, 5.74) is 5.51. The van der Waals surface area contributed by atoms with Gasteiger partial charge in [0.2, 0.25) is 0 Å². The van der Waals surface area contributed by atoms with E-state index in [4.69, 9.17) is 28.8 Å². The molecule has 0 aromatic heterocycles. The number of hydrogen-bond acceptors (Lipinski definition) is 11. The minimum Gasteiger partial charge on any atom is -0.490 e. The number of nitrogens with zero attached hydrogens (tertiary/aromatic N) is 1. The second-order valence-corrected chi connectivity index (χ2v) is 11.6. The number of hydrogen-bond donors (Lipinski definition) is 5. The van der Waals surface area contributed by atoms with Crippen LogP contribution in [0.1, 0.15) is 53.9 Å².